The van der Waals surface area contributed by atoms with Gasteiger partial charge in [0, 0.05) is 17.9 Å². The number of hydrogen-bond donors (Lipinski definition) is 2. The van der Waals surface area contributed by atoms with Crippen LogP contribution in [0.4, 0.5) is 15.8 Å². The second-order valence-electron chi connectivity index (χ2n) is 6.50. The maximum Gasteiger partial charge on any atom is 0.262 e. The molecule has 28 heavy (non-hydrogen) atoms. The fourth-order valence-electron chi connectivity index (χ4n) is 2.69. The molecule has 2 N–H and O–H groups in total. The summed E-state index contributed by atoms with van der Waals surface area (Å²) in [6.07, 6.45) is 0.599. The van der Waals surface area contributed by atoms with Gasteiger partial charge < -0.3 is 15.4 Å². The number of benzene rings is 3. The van der Waals surface area contributed by atoms with Gasteiger partial charge in [-0.2, -0.15) is 0 Å². The van der Waals surface area contributed by atoms with Gasteiger partial charge in [-0.3, -0.25) is 4.79 Å². The average molecular weight is 378 g/mol. The largest absolute Gasteiger partial charge is 0.484 e. The predicted octanol–water partition coefficient (Wildman–Crippen LogP) is 4.81. The van der Waals surface area contributed by atoms with Crippen LogP contribution in [0, 0.1) is 12.7 Å². The van der Waals surface area contributed by atoms with Gasteiger partial charge in [0.15, 0.2) is 6.61 Å². The van der Waals surface area contributed by atoms with Crippen LogP contribution in [-0.2, 0) is 11.2 Å². The van der Waals surface area contributed by atoms with Crippen molar-refractivity contribution in [2.75, 3.05) is 23.8 Å². The number of amides is 1. The summed E-state index contributed by atoms with van der Waals surface area (Å²) in [5.74, 6) is 0.256. The van der Waals surface area contributed by atoms with Crippen LogP contribution in [0.3, 0.4) is 0 Å². The lowest BCUT2D eigenvalue weighted by atomic mass is 10.1. The first-order valence-corrected chi connectivity index (χ1v) is 9.17. The number of halogens is 1. The lowest BCUT2D eigenvalue weighted by Crippen LogP contribution is -2.20. The molecule has 0 atom stereocenters. The maximum atomic E-state index is 13.6. The normalized spacial score (nSPS) is 10.4. The molecule has 0 aliphatic rings. The third kappa shape index (κ3) is 5.84. The molecule has 1 amide bonds. The highest BCUT2D eigenvalue weighted by molar-refractivity contribution is 5.92. The van der Waals surface area contributed by atoms with Crippen molar-refractivity contribution in [1.29, 1.82) is 0 Å². The van der Waals surface area contributed by atoms with E-state index < -0.39 is 0 Å². The lowest BCUT2D eigenvalue weighted by molar-refractivity contribution is -0.118. The van der Waals surface area contributed by atoms with Gasteiger partial charge in [0.2, 0.25) is 0 Å². The first-order valence-electron chi connectivity index (χ1n) is 9.17. The minimum Gasteiger partial charge on any atom is -0.484 e. The number of anilines is 2. The van der Waals surface area contributed by atoms with Gasteiger partial charge in [-0.1, -0.05) is 35.9 Å². The van der Waals surface area contributed by atoms with Crippen molar-refractivity contribution < 1.29 is 13.9 Å². The number of carbonyl (C=O) groups is 1. The Morgan fingerprint density at radius 1 is 0.929 bits per heavy atom. The Balaban J connectivity index is 1.42. The van der Waals surface area contributed by atoms with E-state index in [1.165, 1.54) is 6.07 Å². The molecule has 0 aliphatic carbocycles. The molecule has 0 fully saturated rings. The van der Waals surface area contributed by atoms with E-state index in [0.29, 0.717) is 30.0 Å². The highest BCUT2D eigenvalue weighted by atomic mass is 19.1. The van der Waals surface area contributed by atoms with E-state index in [4.69, 9.17) is 4.74 Å². The Morgan fingerprint density at radius 3 is 2.32 bits per heavy atom. The topological polar surface area (TPSA) is 50.4 Å². The number of nitrogens with one attached hydrogen (secondary N) is 2. The fraction of sp³-hybridized carbons (Fsp3) is 0.174. The standard InChI is InChI=1S/C23H23FN2O2/c1-17-6-12-21(13-7-17)28-16-23(27)26-20-10-8-19(9-11-20)25-15-14-18-4-2-3-5-22(18)24/h2-13,25H,14-16H2,1H3,(H,26,27). The van der Waals surface area contributed by atoms with Gasteiger partial charge >= 0.3 is 0 Å². The van der Waals surface area contributed by atoms with Crippen LogP contribution in [0.2, 0.25) is 0 Å². The van der Waals surface area contributed by atoms with Gasteiger partial charge in [0.05, 0.1) is 0 Å². The highest BCUT2D eigenvalue weighted by Gasteiger charge is 2.04. The molecule has 3 aromatic carbocycles. The number of aryl methyl sites for hydroxylation is 1. The van der Waals surface area contributed by atoms with Gasteiger partial charge in [-0.15, -0.1) is 0 Å². The lowest BCUT2D eigenvalue weighted by Gasteiger charge is -2.10. The van der Waals surface area contributed by atoms with Crippen molar-refractivity contribution in [2.45, 2.75) is 13.3 Å². The molecule has 0 aromatic heterocycles. The summed E-state index contributed by atoms with van der Waals surface area (Å²) in [5.41, 5.74) is 3.43. The van der Waals surface area contributed by atoms with Gasteiger partial charge in [-0.05, 0) is 61.4 Å². The number of rotatable bonds is 8. The summed E-state index contributed by atoms with van der Waals surface area (Å²) < 4.78 is 19.1. The van der Waals surface area contributed by atoms with Gasteiger partial charge in [0.25, 0.3) is 5.91 Å². The van der Waals surface area contributed by atoms with Crippen LogP contribution in [0.5, 0.6) is 5.75 Å². The Bertz CT molecular complexity index is 909. The molecule has 3 aromatic rings. The summed E-state index contributed by atoms with van der Waals surface area (Å²) >= 11 is 0. The molecule has 0 aliphatic heterocycles. The van der Waals surface area contributed by atoms with Crippen LogP contribution in [0.15, 0.2) is 72.8 Å². The van der Waals surface area contributed by atoms with E-state index in [0.717, 1.165) is 11.3 Å². The minimum atomic E-state index is -0.221. The van der Waals surface area contributed by atoms with E-state index in [-0.39, 0.29) is 18.3 Å². The summed E-state index contributed by atoms with van der Waals surface area (Å²) in [4.78, 5) is 12.0. The Hall–Kier alpha value is -3.34. The Morgan fingerprint density at radius 2 is 1.61 bits per heavy atom. The quantitative estimate of drug-likeness (QED) is 0.592. The summed E-state index contributed by atoms with van der Waals surface area (Å²) in [6, 6.07) is 21.7. The van der Waals surface area contributed by atoms with Crippen LogP contribution in [0.25, 0.3) is 0 Å². The zero-order chi connectivity index (χ0) is 19.8. The van der Waals surface area contributed by atoms with E-state index in [1.54, 1.807) is 12.1 Å². The molecule has 0 bridgehead atoms. The van der Waals surface area contributed by atoms with Crippen molar-refractivity contribution in [3.05, 3.63) is 89.7 Å². The Labute approximate surface area is 164 Å². The van der Waals surface area contributed by atoms with E-state index in [2.05, 4.69) is 10.6 Å². The molecule has 4 nitrogen and oxygen atoms in total. The third-order valence-electron chi connectivity index (χ3n) is 4.24. The molecule has 0 radical (unpaired) electrons. The zero-order valence-corrected chi connectivity index (χ0v) is 15.7. The van der Waals surface area contributed by atoms with Crippen LogP contribution in [-0.4, -0.2) is 19.1 Å². The zero-order valence-electron chi connectivity index (χ0n) is 15.7. The van der Waals surface area contributed by atoms with Gasteiger partial charge in [0.1, 0.15) is 11.6 Å². The minimum absolute atomic E-state index is 0.0499. The molecule has 0 spiro atoms. The molecule has 5 heteroatoms. The second-order valence-corrected chi connectivity index (χ2v) is 6.50. The monoisotopic (exact) mass is 378 g/mol. The summed E-state index contributed by atoms with van der Waals surface area (Å²) in [7, 11) is 0. The molecular weight excluding hydrogens is 355 g/mol. The highest BCUT2D eigenvalue weighted by Crippen LogP contribution is 2.15. The van der Waals surface area contributed by atoms with Gasteiger partial charge in [-0.25, -0.2) is 4.39 Å². The van der Waals surface area contributed by atoms with Crippen LogP contribution >= 0.6 is 0 Å². The third-order valence-corrected chi connectivity index (χ3v) is 4.24. The molecule has 0 saturated heterocycles. The molecule has 144 valence electrons. The summed E-state index contributed by atoms with van der Waals surface area (Å²) in [5, 5.41) is 6.05. The average Bonchev–Trinajstić information content (AvgIpc) is 2.70. The summed E-state index contributed by atoms with van der Waals surface area (Å²) in [6.45, 7) is 2.57. The van der Waals surface area contributed by atoms with Crippen LogP contribution < -0.4 is 15.4 Å². The Kier molecular flexibility index (Phi) is 6.63. The van der Waals surface area contributed by atoms with Crippen molar-refractivity contribution in [3.63, 3.8) is 0 Å². The number of carbonyl (C=O) groups excluding carboxylic acids is 1. The first kappa shape index (κ1) is 19.4. The molecule has 0 unspecified atom stereocenters. The number of hydrogen-bond acceptors (Lipinski definition) is 3. The van der Waals surface area contributed by atoms with E-state index in [9.17, 15) is 9.18 Å². The molecular formula is C23H23FN2O2. The van der Waals surface area contributed by atoms with E-state index in [1.807, 2.05) is 61.5 Å². The smallest absolute Gasteiger partial charge is 0.262 e. The van der Waals surface area contributed by atoms with E-state index >= 15 is 0 Å². The molecule has 0 saturated carbocycles. The van der Waals surface area contributed by atoms with Crippen LogP contribution in [0.1, 0.15) is 11.1 Å². The fourth-order valence-corrected chi connectivity index (χ4v) is 2.69. The van der Waals surface area contributed by atoms with Crippen molar-refractivity contribution in [3.8, 4) is 5.75 Å². The van der Waals surface area contributed by atoms with Crippen molar-refractivity contribution >= 4 is 17.3 Å². The SMILES string of the molecule is Cc1ccc(OCC(=O)Nc2ccc(NCCc3ccccc3F)cc2)cc1. The predicted molar refractivity (Wildman–Crippen MR) is 110 cm³/mol. The second kappa shape index (κ2) is 9.55. The van der Waals surface area contributed by atoms with Crippen molar-refractivity contribution in [2.24, 2.45) is 0 Å². The van der Waals surface area contributed by atoms with Crippen molar-refractivity contribution in [1.82, 2.24) is 0 Å². The molecule has 0 heterocycles. The molecule has 3 rings (SSSR count). The first-order chi connectivity index (χ1) is 13.6. The maximum absolute atomic E-state index is 13.6. The number of ether oxygens (including phenoxy) is 1.